The fourth-order valence-corrected chi connectivity index (χ4v) is 3.24. The normalized spacial score (nSPS) is 28.5. The third-order valence-electron chi connectivity index (χ3n) is 2.29. The Hall–Kier alpha value is -0.290. The maximum absolute atomic E-state index is 11.5. The van der Waals surface area contributed by atoms with Gasteiger partial charge in [0.15, 0.2) is 9.84 Å². The summed E-state index contributed by atoms with van der Waals surface area (Å²) >= 11 is 5.66. The highest BCUT2D eigenvalue weighted by Crippen LogP contribution is 2.14. The van der Waals surface area contributed by atoms with Crippen molar-refractivity contribution in [3.8, 4) is 0 Å². The van der Waals surface area contributed by atoms with E-state index in [9.17, 15) is 13.2 Å². The molecule has 0 bridgehead atoms. The molecular weight excluding hydrogens is 226 g/mol. The molecule has 2 unspecified atom stereocenters. The molecule has 4 nitrogen and oxygen atoms in total. The monoisotopic (exact) mass is 239 g/mol. The Labute approximate surface area is 89.1 Å². The van der Waals surface area contributed by atoms with Crippen molar-refractivity contribution in [2.45, 2.75) is 25.3 Å². The van der Waals surface area contributed by atoms with Crippen LogP contribution in [0.1, 0.15) is 13.8 Å². The maximum atomic E-state index is 11.5. The van der Waals surface area contributed by atoms with Crippen molar-refractivity contribution in [3.05, 3.63) is 0 Å². The van der Waals surface area contributed by atoms with E-state index in [0.717, 1.165) is 0 Å². The van der Waals surface area contributed by atoms with Gasteiger partial charge in [-0.05, 0) is 13.8 Å². The molecular formula is C8H14ClNO3S. The highest BCUT2D eigenvalue weighted by atomic mass is 35.5. The number of carbonyl (C=O) groups is 1. The van der Waals surface area contributed by atoms with Crippen molar-refractivity contribution in [1.29, 1.82) is 0 Å². The number of amides is 1. The largest absolute Gasteiger partial charge is 0.337 e. The van der Waals surface area contributed by atoms with Crippen LogP contribution in [0.25, 0.3) is 0 Å². The average molecular weight is 240 g/mol. The van der Waals surface area contributed by atoms with Gasteiger partial charge in [-0.15, -0.1) is 11.6 Å². The molecule has 14 heavy (non-hydrogen) atoms. The summed E-state index contributed by atoms with van der Waals surface area (Å²) in [5.41, 5.74) is 0. The molecule has 1 aliphatic rings. The number of sulfone groups is 1. The molecule has 1 rings (SSSR count). The molecule has 0 saturated carbocycles. The molecule has 6 heteroatoms. The van der Waals surface area contributed by atoms with Crippen molar-refractivity contribution in [2.75, 3.05) is 18.1 Å². The Balaban J connectivity index is 2.72. The first kappa shape index (κ1) is 11.8. The Kier molecular flexibility index (Phi) is 3.42. The van der Waals surface area contributed by atoms with E-state index in [2.05, 4.69) is 0 Å². The molecule has 0 aliphatic carbocycles. The molecule has 0 aromatic rings. The Morgan fingerprint density at radius 3 is 2.57 bits per heavy atom. The average Bonchev–Trinajstić information content (AvgIpc) is 2.01. The zero-order valence-electron chi connectivity index (χ0n) is 8.23. The summed E-state index contributed by atoms with van der Waals surface area (Å²) in [6.45, 7) is 3.59. The van der Waals surface area contributed by atoms with Gasteiger partial charge in [0, 0.05) is 12.6 Å². The van der Waals surface area contributed by atoms with Crippen LogP contribution in [-0.4, -0.2) is 48.7 Å². The minimum atomic E-state index is -2.96. The Morgan fingerprint density at radius 1 is 1.57 bits per heavy atom. The van der Waals surface area contributed by atoms with Crippen molar-refractivity contribution in [1.82, 2.24) is 4.90 Å². The van der Waals surface area contributed by atoms with Crippen molar-refractivity contribution < 1.29 is 13.2 Å². The van der Waals surface area contributed by atoms with E-state index in [1.807, 2.05) is 0 Å². The van der Waals surface area contributed by atoms with Crippen LogP contribution in [0, 0.1) is 0 Å². The van der Waals surface area contributed by atoms with E-state index in [0.29, 0.717) is 0 Å². The molecule has 0 aromatic heterocycles. The smallest absolute Gasteiger partial charge is 0.240 e. The lowest BCUT2D eigenvalue weighted by Crippen LogP contribution is -2.51. The predicted octanol–water partition coefficient (Wildman–Crippen LogP) is 0.259. The second-order valence-corrected chi connectivity index (χ2v) is 6.49. The molecule has 0 spiro atoms. The van der Waals surface area contributed by atoms with Crippen molar-refractivity contribution in [3.63, 3.8) is 0 Å². The van der Waals surface area contributed by atoms with Crippen LogP contribution in [0.2, 0.25) is 0 Å². The van der Waals surface area contributed by atoms with Gasteiger partial charge in [-0.2, -0.15) is 0 Å². The minimum absolute atomic E-state index is 0.0440. The van der Waals surface area contributed by atoms with Gasteiger partial charge in [-0.25, -0.2) is 8.42 Å². The SMILES string of the molecule is CC(Cl)C(=O)N1CCS(=O)(=O)CC1C. The predicted molar refractivity (Wildman–Crippen MR) is 55.1 cm³/mol. The second-order valence-electron chi connectivity index (χ2n) is 3.61. The van der Waals surface area contributed by atoms with E-state index in [4.69, 9.17) is 11.6 Å². The molecule has 1 aliphatic heterocycles. The van der Waals surface area contributed by atoms with Gasteiger partial charge in [0.25, 0.3) is 0 Å². The van der Waals surface area contributed by atoms with Crippen LogP contribution in [0.5, 0.6) is 0 Å². The highest BCUT2D eigenvalue weighted by Gasteiger charge is 2.32. The van der Waals surface area contributed by atoms with Crippen LogP contribution < -0.4 is 0 Å². The molecule has 0 N–H and O–H groups in total. The molecule has 0 aromatic carbocycles. The van der Waals surface area contributed by atoms with Gasteiger partial charge >= 0.3 is 0 Å². The molecule has 1 saturated heterocycles. The number of hydrogen-bond acceptors (Lipinski definition) is 3. The van der Waals surface area contributed by atoms with Crippen LogP contribution in [-0.2, 0) is 14.6 Å². The number of rotatable bonds is 1. The van der Waals surface area contributed by atoms with Gasteiger partial charge in [-0.1, -0.05) is 0 Å². The molecule has 1 fully saturated rings. The summed E-state index contributed by atoms with van der Waals surface area (Å²) in [6, 6.07) is -0.262. The number of alkyl halides is 1. The van der Waals surface area contributed by atoms with Gasteiger partial charge in [0.2, 0.25) is 5.91 Å². The number of nitrogens with zero attached hydrogens (tertiary/aromatic N) is 1. The van der Waals surface area contributed by atoms with Crippen LogP contribution in [0.4, 0.5) is 0 Å². The topological polar surface area (TPSA) is 54.5 Å². The maximum Gasteiger partial charge on any atom is 0.240 e. The molecule has 0 radical (unpaired) electrons. The van der Waals surface area contributed by atoms with E-state index < -0.39 is 15.2 Å². The standard InChI is InChI=1S/C8H14ClNO3S/c1-6-5-14(12,13)4-3-10(6)8(11)7(2)9/h6-7H,3-5H2,1-2H3. The quantitative estimate of drug-likeness (QED) is 0.617. The van der Waals surface area contributed by atoms with Crippen LogP contribution >= 0.6 is 11.6 Å². The summed E-state index contributed by atoms with van der Waals surface area (Å²) in [7, 11) is -2.96. The summed E-state index contributed by atoms with van der Waals surface area (Å²) in [5.74, 6) is -0.0937. The van der Waals surface area contributed by atoms with E-state index in [1.165, 1.54) is 0 Å². The summed E-state index contributed by atoms with van der Waals surface area (Å²) in [5, 5.41) is -0.585. The van der Waals surface area contributed by atoms with Gasteiger partial charge in [-0.3, -0.25) is 4.79 Å². The first-order valence-corrected chi connectivity index (χ1v) is 6.74. The highest BCUT2D eigenvalue weighted by molar-refractivity contribution is 7.91. The van der Waals surface area contributed by atoms with E-state index in [-0.39, 0.29) is 30.0 Å². The third-order valence-corrected chi connectivity index (χ3v) is 4.28. The Morgan fingerprint density at radius 2 is 2.14 bits per heavy atom. The number of carbonyl (C=O) groups excluding carboxylic acids is 1. The third kappa shape index (κ3) is 2.60. The van der Waals surface area contributed by atoms with E-state index in [1.54, 1.807) is 18.7 Å². The lowest BCUT2D eigenvalue weighted by Gasteiger charge is -2.33. The fourth-order valence-electron chi connectivity index (χ4n) is 1.55. The zero-order chi connectivity index (χ0) is 10.9. The lowest BCUT2D eigenvalue weighted by atomic mass is 10.2. The molecule has 82 valence electrons. The van der Waals surface area contributed by atoms with Crippen molar-refractivity contribution in [2.24, 2.45) is 0 Å². The number of hydrogen-bond donors (Lipinski definition) is 0. The first-order valence-electron chi connectivity index (χ1n) is 4.48. The van der Waals surface area contributed by atoms with E-state index >= 15 is 0 Å². The second kappa shape index (κ2) is 4.06. The van der Waals surface area contributed by atoms with Crippen molar-refractivity contribution >= 4 is 27.3 Å². The molecule has 2 atom stereocenters. The zero-order valence-corrected chi connectivity index (χ0v) is 9.81. The van der Waals surface area contributed by atoms with Crippen LogP contribution in [0.15, 0.2) is 0 Å². The number of halogens is 1. The summed E-state index contributed by atoms with van der Waals surface area (Å²) in [4.78, 5) is 13.1. The summed E-state index contributed by atoms with van der Waals surface area (Å²) in [6.07, 6.45) is 0. The molecule has 1 amide bonds. The van der Waals surface area contributed by atoms with Gasteiger partial charge < -0.3 is 4.90 Å². The summed E-state index contributed by atoms with van der Waals surface area (Å²) < 4.78 is 22.5. The molecule has 1 heterocycles. The van der Waals surface area contributed by atoms with Gasteiger partial charge in [0.05, 0.1) is 11.5 Å². The fraction of sp³-hybridized carbons (Fsp3) is 0.875. The lowest BCUT2D eigenvalue weighted by molar-refractivity contribution is -0.132. The first-order chi connectivity index (χ1) is 6.33. The Bertz CT molecular complexity index is 325. The van der Waals surface area contributed by atoms with Crippen LogP contribution in [0.3, 0.4) is 0 Å². The minimum Gasteiger partial charge on any atom is -0.337 e. The van der Waals surface area contributed by atoms with Gasteiger partial charge in [0.1, 0.15) is 5.38 Å².